The largest absolute Gasteiger partial charge is 0.494 e. The summed E-state index contributed by atoms with van der Waals surface area (Å²) < 4.78 is 13.3. The van der Waals surface area contributed by atoms with Crippen molar-refractivity contribution in [3.8, 4) is 11.5 Å². The van der Waals surface area contributed by atoms with E-state index in [1.54, 1.807) is 0 Å². The molecule has 2 aromatic carbocycles. The Labute approximate surface area is 401 Å². The molecule has 0 fully saturated rings. The van der Waals surface area contributed by atoms with E-state index in [2.05, 4.69) is 130 Å². The first-order chi connectivity index (χ1) is 32.7. The molecule has 0 aromatic heterocycles. The number of aliphatic imine (C=N–C) groups is 4. The van der Waals surface area contributed by atoms with Gasteiger partial charge in [0.25, 0.3) is 0 Å². The fourth-order valence-electron chi connectivity index (χ4n) is 9.26. The zero-order valence-corrected chi connectivity index (χ0v) is 41.3. The molecule has 5 aliphatic rings. The topological polar surface area (TPSA) is 100 Å². The average Bonchev–Trinajstić information content (AvgIpc) is 4.19. The third-order valence-corrected chi connectivity index (χ3v) is 13.7. The van der Waals surface area contributed by atoms with Crippen LogP contribution in [-0.2, 0) is 0 Å². The molecule has 9 heteroatoms. The molecule has 67 heavy (non-hydrogen) atoms. The van der Waals surface area contributed by atoms with Crippen molar-refractivity contribution in [2.75, 3.05) is 45.9 Å². The van der Waals surface area contributed by atoms with Crippen LogP contribution in [0.5, 0.6) is 11.5 Å². The van der Waals surface area contributed by atoms with Crippen molar-refractivity contribution in [3.05, 3.63) is 143 Å². The van der Waals surface area contributed by atoms with E-state index in [0.29, 0.717) is 6.61 Å². The van der Waals surface area contributed by atoms with Crippen LogP contribution in [0.2, 0.25) is 0 Å². The van der Waals surface area contributed by atoms with E-state index in [0.717, 1.165) is 138 Å². The lowest BCUT2D eigenvalue weighted by atomic mass is 9.91. The quantitative estimate of drug-likeness (QED) is 0.0749. The number of hydrogen-bond acceptors (Lipinski definition) is 9. The van der Waals surface area contributed by atoms with Crippen molar-refractivity contribution in [2.24, 2.45) is 31.6 Å². The van der Waals surface area contributed by atoms with Crippen LogP contribution < -0.4 is 15.2 Å². The van der Waals surface area contributed by atoms with E-state index >= 15 is 0 Å². The Morgan fingerprint density at radius 3 is 1.63 bits per heavy atom. The van der Waals surface area contributed by atoms with Gasteiger partial charge in [-0.1, -0.05) is 117 Å². The standard InChI is InChI=1S/C58H75N7O2/c1-7-12-13-14-15-16-17-18-19-38-66-50-24-20-22-44(39-50)56-52-30-26-46(60-52)41-48-28-32-54(62-48)57(55-33-29-49(63-55)42-47-27-31-53(56)61-47)45-23-21-25-51(40-45)67-58(59,35-37-65(10-4)11-5)43(6)34-36-64(8-2)9-3/h20-33,39-43H,7-19,34-38,59H2,1-6H3. The highest BCUT2D eigenvalue weighted by Crippen LogP contribution is 2.36. The van der Waals surface area contributed by atoms with Gasteiger partial charge in [-0.25, -0.2) is 20.0 Å². The van der Waals surface area contributed by atoms with Crippen LogP contribution in [0.3, 0.4) is 0 Å². The lowest BCUT2D eigenvalue weighted by molar-refractivity contribution is -0.00210. The number of nitrogens with two attached hydrogens (primary N) is 1. The van der Waals surface area contributed by atoms with Gasteiger partial charge in [0.2, 0.25) is 0 Å². The molecule has 354 valence electrons. The van der Waals surface area contributed by atoms with Crippen LogP contribution in [0.1, 0.15) is 123 Å². The summed E-state index contributed by atoms with van der Waals surface area (Å²) in [6.45, 7) is 19.9. The maximum atomic E-state index is 7.37. The van der Waals surface area contributed by atoms with E-state index in [9.17, 15) is 0 Å². The first-order valence-electron chi connectivity index (χ1n) is 25.5. The molecule has 0 aliphatic carbocycles. The fourth-order valence-corrected chi connectivity index (χ4v) is 9.26. The molecule has 5 heterocycles. The van der Waals surface area contributed by atoms with Gasteiger partial charge < -0.3 is 19.3 Å². The van der Waals surface area contributed by atoms with E-state index in [4.69, 9.17) is 35.2 Å². The number of benzene rings is 2. The number of unbranched alkanes of at least 4 members (excludes halogenated alkanes) is 8. The molecule has 0 amide bonds. The Kier molecular flexibility index (Phi) is 18.1. The summed E-state index contributed by atoms with van der Waals surface area (Å²) in [4.78, 5) is 25.6. The molecule has 0 radical (unpaired) electrons. The van der Waals surface area contributed by atoms with Gasteiger partial charge in [0, 0.05) is 30.0 Å². The number of allylic oxidation sites excluding steroid dienone is 12. The summed E-state index contributed by atoms with van der Waals surface area (Å²) in [5.41, 5.74) is 17.0. The lowest BCUT2D eigenvalue weighted by Crippen LogP contribution is -2.54. The SMILES string of the molecule is CCCCCCCCCCCOc1cccc(C2=C3C=CC(=N3)C=C3C=CC(=N3)C(c3cccc(OC(N)(CCN(CC)CC)C(C)CCN(CC)CC)c3)=C3C=CC(=N3)C=C3C=CC2=N3)c1. The van der Waals surface area contributed by atoms with E-state index < -0.39 is 5.72 Å². The van der Waals surface area contributed by atoms with Crippen molar-refractivity contribution in [2.45, 2.75) is 118 Å². The first-order valence-corrected chi connectivity index (χ1v) is 25.5. The first kappa shape index (κ1) is 49.4. The molecule has 2 atom stereocenters. The summed E-state index contributed by atoms with van der Waals surface area (Å²) in [7, 11) is 0. The Morgan fingerprint density at radius 1 is 0.567 bits per heavy atom. The van der Waals surface area contributed by atoms with Gasteiger partial charge in [-0.05, 0) is 142 Å². The van der Waals surface area contributed by atoms with Crippen LogP contribution in [0.4, 0.5) is 0 Å². The predicted octanol–water partition coefficient (Wildman–Crippen LogP) is 12.7. The fraction of sp³-hybridized carbons (Fsp3) is 0.448. The van der Waals surface area contributed by atoms with Crippen molar-refractivity contribution in [3.63, 3.8) is 0 Å². The summed E-state index contributed by atoms with van der Waals surface area (Å²) in [5.74, 6) is 1.71. The summed E-state index contributed by atoms with van der Waals surface area (Å²) >= 11 is 0. The molecule has 2 aromatic rings. The Hall–Kier alpha value is -5.48. The molecule has 7 rings (SSSR count). The van der Waals surface area contributed by atoms with Crippen LogP contribution in [0, 0.1) is 5.92 Å². The monoisotopic (exact) mass is 902 g/mol. The van der Waals surface area contributed by atoms with Gasteiger partial charge in [0.05, 0.1) is 52.2 Å². The number of nitrogens with zero attached hydrogens (tertiary/aromatic N) is 6. The van der Waals surface area contributed by atoms with Crippen LogP contribution in [0.15, 0.2) is 152 Å². The molecule has 0 saturated heterocycles. The van der Waals surface area contributed by atoms with Gasteiger partial charge in [0.15, 0.2) is 5.72 Å². The lowest BCUT2D eigenvalue weighted by Gasteiger charge is -2.38. The molecule has 2 N–H and O–H groups in total. The summed E-state index contributed by atoms with van der Waals surface area (Å²) in [6, 6.07) is 16.6. The van der Waals surface area contributed by atoms with Gasteiger partial charge in [-0.2, -0.15) is 0 Å². The van der Waals surface area contributed by atoms with Crippen LogP contribution in [0.25, 0.3) is 11.1 Å². The van der Waals surface area contributed by atoms with Crippen molar-refractivity contribution in [1.29, 1.82) is 0 Å². The molecule has 0 saturated carbocycles. The average molecular weight is 902 g/mol. The van der Waals surface area contributed by atoms with Crippen molar-refractivity contribution >= 4 is 34.0 Å². The molecule has 2 unspecified atom stereocenters. The van der Waals surface area contributed by atoms with E-state index in [1.165, 1.54) is 51.4 Å². The minimum absolute atomic E-state index is 0.120. The summed E-state index contributed by atoms with van der Waals surface area (Å²) in [6.07, 6.45) is 33.8. The zero-order chi connectivity index (χ0) is 47.0. The second kappa shape index (κ2) is 24.5. The van der Waals surface area contributed by atoms with Crippen LogP contribution >= 0.6 is 0 Å². The Bertz CT molecular complexity index is 2430. The second-order valence-corrected chi connectivity index (χ2v) is 18.3. The third-order valence-electron chi connectivity index (χ3n) is 13.7. The van der Waals surface area contributed by atoms with Gasteiger partial charge in [-0.3, -0.25) is 5.73 Å². The van der Waals surface area contributed by atoms with Crippen molar-refractivity contribution in [1.82, 2.24) is 9.80 Å². The van der Waals surface area contributed by atoms with E-state index in [-0.39, 0.29) is 5.92 Å². The molecule has 0 spiro atoms. The molecular weight excluding hydrogens is 827 g/mol. The number of ether oxygens (including phenoxy) is 2. The van der Waals surface area contributed by atoms with Gasteiger partial charge in [-0.15, -0.1) is 0 Å². The minimum Gasteiger partial charge on any atom is -0.494 e. The predicted molar refractivity (Wildman–Crippen MR) is 283 cm³/mol. The molecule has 8 bridgehead atoms. The zero-order valence-electron chi connectivity index (χ0n) is 41.3. The highest BCUT2D eigenvalue weighted by Gasteiger charge is 2.35. The van der Waals surface area contributed by atoms with E-state index in [1.807, 2.05) is 30.4 Å². The normalized spacial score (nSPS) is 17.6. The van der Waals surface area contributed by atoms with Gasteiger partial charge in [0.1, 0.15) is 11.5 Å². The smallest absolute Gasteiger partial charge is 0.162 e. The maximum Gasteiger partial charge on any atom is 0.162 e. The van der Waals surface area contributed by atoms with Gasteiger partial charge >= 0.3 is 0 Å². The molecular formula is C58H75N7O2. The third kappa shape index (κ3) is 13.4. The van der Waals surface area contributed by atoms with Crippen LogP contribution in [-0.4, -0.2) is 84.2 Å². The number of hydrogen-bond donors (Lipinski definition) is 1. The Morgan fingerprint density at radius 2 is 1.07 bits per heavy atom. The highest BCUT2D eigenvalue weighted by molar-refractivity contribution is 6.34. The number of rotatable bonds is 26. The highest BCUT2D eigenvalue weighted by atomic mass is 16.5. The van der Waals surface area contributed by atoms with Crippen molar-refractivity contribution < 1.29 is 9.47 Å². The molecule has 9 nitrogen and oxygen atoms in total. The molecule has 5 aliphatic heterocycles. The minimum atomic E-state index is -0.863. The Balaban J connectivity index is 1.15. The number of fused-ring (bicyclic) bond motifs is 4. The second-order valence-electron chi connectivity index (χ2n) is 18.3. The maximum absolute atomic E-state index is 7.37. The summed E-state index contributed by atoms with van der Waals surface area (Å²) in [5, 5.41) is 0.